The van der Waals surface area contributed by atoms with E-state index in [1.54, 1.807) is 13.2 Å². The molecule has 0 fully saturated rings. The Morgan fingerprint density at radius 2 is 1.82 bits per heavy atom. The fraction of sp³-hybridized carbons (Fsp3) is 0.0714. The second kappa shape index (κ2) is 5.16. The minimum atomic E-state index is -0.128. The van der Waals surface area contributed by atoms with Gasteiger partial charge in [-0.3, -0.25) is 4.79 Å². The summed E-state index contributed by atoms with van der Waals surface area (Å²) in [6.45, 7) is 0. The standard InChI is InChI=1S/C14H13NO2/c1-17-12-9-7-11(8-10-12)13-5-3-2-4-6-14(16)15-13/h2-10H,1H3,(H,15,16). The third-order valence-electron chi connectivity index (χ3n) is 2.39. The second-order valence-corrected chi connectivity index (χ2v) is 3.54. The van der Waals surface area contributed by atoms with Crippen LogP contribution < -0.4 is 10.1 Å². The molecule has 0 radical (unpaired) electrons. The number of methoxy groups -OCH3 is 1. The minimum Gasteiger partial charge on any atom is -0.497 e. The summed E-state index contributed by atoms with van der Waals surface area (Å²) in [7, 11) is 1.62. The number of benzene rings is 1. The molecule has 2 rings (SSSR count). The van der Waals surface area contributed by atoms with Crippen LogP contribution in [0.2, 0.25) is 0 Å². The van der Waals surface area contributed by atoms with E-state index in [9.17, 15) is 4.79 Å². The molecule has 0 atom stereocenters. The number of hydrogen-bond acceptors (Lipinski definition) is 2. The lowest BCUT2D eigenvalue weighted by molar-refractivity contribution is -0.115. The number of rotatable bonds is 2. The molecule has 0 unspecified atom stereocenters. The van der Waals surface area contributed by atoms with Gasteiger partial charge in [0, 0.05) is 11.8 Å². The smallest absolute Gasteiger partial charge is 0.248 e. The molecule has 86 valence electrons. The number of hydrogen-bond donors (Lipinski definition) is 1. The van der Waals surface area contributed by atoms with Gasteiger partial charge in [-0.2, -0.15) is 0 Å². The van der Waals surface area contributed by atoms with Crippen LogP contribution in [-0.2, 0) is 4.79 Å². The summed E-state index contributed by atoms with van der Waals surface area (Å²) < 4.78 is 5.09. The van der Waals surface area contributed by atoms with E-state index < -0.39 is 0 Å². The van der Waals surface area contributed by atoms with Crippen LogP contribution in [0.3, 0.4) is 0 Å². The Balaban J connectivity index is 2.28. The number of carbonyl (C=O) groups excluding carboxylic acids is 1. The van der Waals surface area contributed by atoms with E-state index in [0.29, 0.717) is 0 Å². The summed E-state index contributed by atoms with van der Waals surface area (Å²) in [4.78, 5) is 11.4. The molecule has 1 aromatic carbocycles. The van der Waals surface area contributed by atoms with Crippen molar-refractivity contribution in [1.29, 1.82) is 0 Å². The molecule has 1 heterocycles. The third kappa shape index (κ3) is 2.84. The molecule has 1 aromatic rings. The van der Waals surface area contributed by atoms with Gasteiger partial charge in [0.05, 0.1) is 7.11 Å². The second-order valence-electron chi connectivity index (χ2n) is 3.54. The van der Waals surface area contributed by atoms with Crippen LogP contribution in [0.1, 0.15) is 5.56 Å². The first-order valence-corrected chi connectivity index (χ1v) is 5.30. The van der Waals surface area contributed by atoms with Gasteiger partial charge in [0.15, 0.2) is 0 Å². The van der Waals surface area contributed by atoms with Crippen molar-refractivity contribution in [3.8, 4) is 5.75 Å². The van der Waals surface area contributed by atoms with E-state index in [4.69, 9.17) is 4.74 Å². The first-order valence-electron chi connectivity index (χ1n) is 5.30. The monoisotopic (exact) mass is 227 g/mol. The lowest BCUT2D eigenvalue weighted by Gasteiger charge is -2.09. The number of nitrogens with one attached hydrogen (secondary N) is 1. The van der Waals surface area contributed by atoms with Crippen molar-refractivity contribution >= 4 is 11.6 Å². The molecule has 0 aliphatic carbocycles. The summed E-state index contributed by atoms with van der Waals surface area (Å²) in [5, 5.41) is 2.82. The minimum absolute atomic E-state index is 0.128. The first-order chi connectivity index (χ1) is 8.29. The van der Waals surface area contributed by atoms with Gasteiger partial charge in [0.2, 0.25) is 5.91 Å². The molecule has 3 heteroatoms. The van der Waals surface area contributed by atoms with Gasteiger partial charge >= 0.3 is 0 Å². The predicted molar refractivity (Wildman–Crippen MR) is 67.4 cm³/mol. The van der Waals surface area contributed by atoms with E-state index in [-0.39, 0.29) is 5.91 Å². The van der Waals surface area contributed by atoms with Gasteiger partial charge < -0.3 is 10.1 Å². The van der Waals surface area contributed by atoms with Crippen LogP contribution in [0.25, 0.3) is 5.70 Å². The van der Waals surface area contributed by atoms with Crippen molar-refractivity contribution in [2.75, 3.05) is 7.11 Å². The van der Waals surface area contributed by atoms with Gasteiger partial charge in [-0.1, -0.05) is 18.2 Å². The molecule has 0 saturated heterocycles. The zero-order valence-electron chi connectivity index (χ0n) is 9.51. The van der Waals surface area contributed by atoms with Gasteiger partial charge in [-0.15, -0.1) is 0 Å². The molecule has 0 aromatic heterocycles. The van der Waals surface area contributed by atoms with Crippen LogP contribution in [-0.4, -0.2) is 13.0 Å². The Bertz CT molecular complexity index is 495. The highest BCUT2D eigenvalue weighted by Gasteiger charge is 2.05. The molecule has 0 spiro atoms. The third-order valence-corrected chi connectivity index (χ3v) is 2.39. The molecule has 0 bridgehead atoms. The number of ether oxygens (including phenoxy) is 1. The lowest BCUT2D eigenvalue weighted by Crippen LogP contribution is -2.19. The summed E-state index contributed by atoms with van der Waals surface area (Å²) in [5.74, 6) is 0.665. The van der Waals surface area contributed by atoms with Crippen molar-refractivity contribution < 1.29 is 9.53 Å². The van der Waals surface area contributed by atoms with Crippen molar-refractivity contribution in [3.63, 3.8) is 0 Å². The molecule has 1 N–H and O–H groups in total. The SMILES string of the molecule is COc1ccc(/C2=C/C=C\C=C/C(=O)N2)cc1. The maximum atomic E-state index is 11.4. The van der Waals surface area contributed by atoms with Crippen molar-refractivity contribution in [2.24, 2.45) is 0 Å². The lowest BCUT2D eigenvalue weighted by atomic mass is 10.1. The molecule has 17 heavy (non-hydrogen) atoms. The molecule has 0 saturated carbocycles. The summed E-state index contributed by atoms with van der Waals surface area (Å²) in [6.07, 6.45) is 8.77. The van der Waals surface area contributed by atoms with Gasteiger partial charge in [-0.05, 0) is 35.9 Å². The maximum Gasteiger partial charge on any atom is 0.248 e. The highest BCUT2D eigenvalue weighted by Crippen LogP contribution is 2.17. The highest BCUT2D eigenvalue weighted by atomic mass is 16.5. The van der Waals surface area contributed by atoms with Gasteiger partial charge in [-0.25, -0.2) is 0 Å². The summed E-state index contributed by atoms with van der Waals surface area (Å²) in [5.41, 5.74) is 1.72. The average molecular weight is 227 g/mol. The van der Waals surface area contributed by atoms with Crippen molar-refractivity contribution in [2.45, 2.75) is 0 Å². The maximum absolute atomic E-state index is 11.4. The number of allylic oxidation sites excluding steroid dienone is 4. The van der Waals surface area contributed by atoms with Gasteiger partial charge in [0.1, 0.15) is 5.75 Å². The number of carbonyl (C=O) groups is 1. The summed E-state index contributed by atoms with van der Waals surface area (Å²) >= 11 is 0. The fourth-order valence-electron chi connectivity index (χ4n) is 1.51. The first kappa shape index (κ1) is 11.2. The van der Waals surface area contributed by atoms with E-state index >= 15 is 0 Å². The fourth-order valence-corrected chi connectivity index (χ4v) is 1.51. The molecule has 3 nitrogen and oxygen atoms in total. The summed E-state index contributed by atoms with van der Waals surface area (Å²) in [6, 6.07) is 7.54. The predicted octanol–water partition coefficient (Wildman–Crippen LogP) is 2.28. The van der Waals surface area contributed by atoms with Crippen molar-refractivity contribution in [1.82, 2.24) is 5.32 Å². The van der Waals surface area contributed by atoms with Crippen LogP contribution in [0.15, 0.2) is 54.6 Å². The Morgan fingerprint density at radius 1 is 1.06 bits per heavy atom. The Morgan fingerprint density at radius 3 is 2.53 bits per heavy atom. The average Bonchev–Trinajstić information content (AvgIpc) is 2.34. The van der Waals surface area contributed by atoms with E-state index in [0.717, 1.165) is 17.0 Å². The Hall–Kier alpha value is -2.29. The molecule has 1 amide bonds. The van der Waals surface area contributed by atoms with E-state index in [1.807, 2.05) is 42.5 Å². The van der Waals surface area contributed by atoms with Crippen LogP contribution in [0.4, 0.5) is 0 Å². The van der Waals surface area contributed by atoms with Crippen molar-refractivity contribution in [3.05, 3.63) is 60.2 Å². The molecule has 1 aliphatic heterocycles. The van der Waals surface area contributed by atoms with Crippen LogP contribution in [0.5, 0.6) is 5.75 Å². The topological polar surface area (TPSA) is 38.3 Å². The van der Waals surface area contributed by atoms with Gasteiger partial charge in [0.25, 0.3) is 0 Å². The van der Waals surface area contributed by atoms with E-state index in [1.165, 1.54) is 6.08 Å². The van der Waals surface area contributed by atoms with E-state index in [2.05, 4.69) is 5.32 Å². The Kier molecular flexibility index (Phi) is 3.40. The highest BCUT2D eigenvalue weighted by molar-refractivity contribution is 5.95. The molecular formula is C14H13NO2. The largest absolute Gasteiger partial charge is 0.497 e. The zero-order chi connectivity index (χ0) is 12.1. The number of amides is 1. The van der Waals surface area contributed by atoms with Crippen LogP contribution in [0, 0.1) is 0 Å². The normalized spacial score (nSPS) is 21.5. The zero-order valence-corrected chi connectivity index (χ0v) is 9.51. The Labute approximate surface area is 100 Å². The molecule has 1 aliphatic rings. The van der Waals surface area contributed by atoms with Crippen LogP contribution >= 0.6 is 0 Å². The quantitative estimate of drug-likeness (QED) is 0.841. The molecular weight excluding hydrogens is 214 g/mol.